The number of aliphatic hydroxyl groups excluding tert-OH is 1. The number of aromatic nitrogens is 4. The molecule has 174 valence electrons. The minimum atomic E-state index is -0.783. The van der Waals surface area contributed by atoms with Gasteiger partial charge in [0.2, 0.25) is 0 Å². The lowest BCUT2D eigenvalue weighted by Gasteiger charge is -2.16. The van der Waals surface area contributed by atoms with E-state index in [1.54, 1.807) is 7.05 Å². The molecule has 0 fully saturated rings. The number of likely N-dealkylation sites (N-methyl/N-ethyl adjacent to an activating group) is 1. The van der Waals surface area contributed by atoms with Crippen LogP contribution in [0, 0.1) is 11.6 Å². The second kappa shape index (κ2) is 11.0. The minimum absolute atomic E-state index is 0.0233. The van der Waals surface area contributed by atoms with Crippen molar-refractivity contribution in [3.8, 4) is 11.8 Å². The topological polar surface area (TPSA) is 120 Å². The zero-order chi connectivity index (χ0) is 23.1. The standard InChI is InChI=1S/C21H28F2N6O3/c1-3-4-15(5-7-30)32-21-27-19(24)20-26-12-14(29(20)28-21)9-13-10-16(22)18(17(23)11-13)31-8-6-25-2/h10-12,15,25,30H,3-9H2,1-2H3,(H2,24,27,28). The number of ether oxygens (including phenoxy) is 2. The molecule has 1 unspecified atom stereocenters. The lowest BCUT2D eigenvalue weighted by molar-refractivity contribution is 0.133. The molecule has 0 aliphatic heterocycles. The first-order valence-corrected chi connectivity index (χ1v) is 10.5. The Kier molecular flexibility index (Phi) is 8.12. The van der Waals surface area contributed by atoms with E-state index in [0.717, 1.165) is 12.8 Å². The van der Waals surface area contributed by atoms with Crippen LogP contribution < -0.4 is 20.5 Å². The molecule has 0 spiro atoms. The first-order chi connectivity index (χ1) is 15.5. The Hall–Kier alpha value is -3.05. The smallest absolute Gasteiger partial charge is 0.336 e. The number of anilines is 1. The average Bonchev–Trinajstić information content (AvgIpc) is 3.13. The van der Waals surface area contributed by atoms with E-state index in [9.17, 15) is 13.9 Å². The highest BCUT2D eigenvalue weighted by Gasteiger charge is 2.18. The SMILES string of the molecule is CCCC(CCO)Oc1nc(N)c2ncc(Cc3cc(F)c(OCCNC)c(F)c3)n2n1. The number of hydrogen-bond donors (Lipinski definition) is 3. The van der Waals surface area contributed by atoms with E-state index >= 15 is 0 Å². The maximum atomic E-state index is 14.4. The van der Waals surface area contributed by atoms with Gasteiger partial charge in [0.15, 0.2) is 28.8 Å². The molecule has 0 aliphatic carbocycles. The van der Waals surface area contributed by atoms with E-state index in [2.05, 4.69) is 20.4 Å². The molecule has 0 radical (unpaired) electrons. The van der Waals surface area contributed by atoms with Crippen LogP contribution in [0.3, 0.4) is 0 Å². The predicted molar refractivity (Wildman–Crippen MR) is 115 cm³/mol. The van der Waals surface area contributed by atoms with Gasteiger partial charge in [-0.05, 0) is 31.2 Å². The van der Waals surface area contributed by atoms with Crippen LogP contribution in [0.5, 0.6) is 11.8 Å². The summed E-state index contributed by atoms with van der Waals surface area (Å²) in [4.78, 5) is 8.36. The first-order valence-electron chi connectivity index (χ1n) is 10.5. The third-order valence-electron chi connectivity index (χ3n) is 4.81. The number of rotatable bonds is 12. The quantitative estimate of drug-likeness (QED) is 0.359. The van der Waals surface area contributed by atoms with Crippen LogP contribution in [0.1, 0.15) is 37.4 Å². The van der Waals surface area contributed by atoms with Gasteiger partial charge >= 0.3 is 6.01 Å². The number of fused-ring (bicyclic) bond motifs is 1. The number of nitrogens with two attached hydrogens (primary N) is 1. The highest BCUT2D eigenvalue weighted by molar-refractivity contribution is 5.59. The van der Waals surface area contributed by atoms with Gasteiger partial charge in [-0.25, -0.2) is 18.3 Å². The van der Waals surface area contributed by atoms with Crippen LogP contribution in [0.25, 0.3) is 5.65 Å². The molecule has 0 amide bonds. The number of imidazole rings is 1. The molecule has 0 bridgehead atoms. The molecule has 0 saturated heterocycles. The monoisotopic (exact) mass is 450 g/mol. The molecule has 4 N–H and O–H groups in total. The van der Waals surface area contributed by atoms with Crippen LogP contribution in [0.2, 0.25) is 0 Å². The lowest BCUT2D eigenvalue weighted by Crippen LogP contribution is -2.20. The molecule has 1 atom stereocenters. The van der Waals surface area contributed by atoms with Gasteiger partial charge in [-0.1, -0.05) is 13.3 Å². The van der Waals surface area contributed by atoms with Crippen LogP contribution in [0.15, 0.2) is 18.3 Å². The minimum Gasteiger partial charge on any atom is -0.486 e. The highest BCUT2D eigenvalue weighted by atomic mass is 19.1. The summed E-state index contributed by atoms with van der Waals surface area (Å²) in [7, 11) is 1.72. The van der Waals surface area contributed by atoms with Crippen molar-refractivity contribution in [1.82, 2.24) is 24.9 Å². The van der Waals surface area contributed by atoms with Crippen molar-refractivity contribution in [2.75, 3.05) is 32.5 Å². The van der Waals surface area contributed by atoms with Crippen molar-refractivity contribution >= 4 is 11.5 Å². The predicted octanol–water partition coefficient (Wildman–Crippen LogP) is 2.10. The zero-order valence-electron chi connectivity index (χ0n) is 18.1. The van der Waals surface area contributed by atoms with Gasteiger partial charge in [0.05, 0.1) is 11.9 Å². The number of nitrogens with one attached hydrogen (secondary N) is 1. The molecule has 9 nitrogen and oxygen atoms in total. The fraction of sp³-hybridized carbons (Fsp3) is 0.476. The number of nitrogens with zero attached hydrogens (tertiary/aromatic N) is 4. The summed E-state index contributed by atoms with van der Waals surface area (Å²) in [6.07, 6.45) is 3.44. The number of halogens is 2. The summed E-state index contributed by atoms with van der Waals surface area (Å²) in [5.74, 6) is -1.86. The third kappa shape index (κ3) is 5.60. The fourth-order valence-corrected chi connectivity index (χ4v) is 3.29. The van der Waals surface area contributed by atoms with Crippen molar-refractivity contribution in [2.24, 2.45) is 0 Å². The molecule has 1 aromatic carbocycles. The fourth-order valence-electron chi connectivity index (χ4n) is 3.29. The maximum absolute atomic E-state index is 14.4. The zero-order valence-corrected chi connectivity index (χ0v) is 18.1. The Bertz CT molecular complexity index is 1020. The van der Waals surface area contributed by atoms with Gasteiger partial charge in [-0.15, -0.1) is 5.10 Å². The molecule has 11 heteroatoms. The van der Waals surface area contributed by atoms with Gasteiger partial charge < -0.3 is 25.6 Å². The molecule has 32 heavy (non-hydrogen) atoms. The molecule has 0 aliphatic rings. The van der Waals surface area contributed by atoms with Crippen LogP contribution in [0.4, 0.5) is 14.6 Å². The summed E-state index contributed by atoms with van der Waals surface area (Å²) in [5.41, 5.74) is 7.26. The van der Waals surface area contributed by atoms with E-state index in [0.29, 0.717) is 29.9 Å². The highest BCUT2D eigenvalue weighted by Crippen LogP contribution is 2.25. The summed E-state index contributed by atoms with van der Waals surface area (Å²) in [6, 6.07) is 2.49. The summed E-state index contributed by atoms with van der Waals surface area (Å²) in [5, 5.41) is 16.4. The van der Waals surface area contributed by atoms with E-state index in [-0.39, 0.29) is 37.6 Å². The van der Waals surface area contributed by atoms with Gasteiger partial charge in [0.25, 0.3) is 0 Å². The maximum Gasteiger partial charge on any atom is 0.336 e. The van der Waals surface area contributed by atoms with E-state index < -0.39 is 17.4 Å². The molecular formula is C21H28F2N6O3. The average molecular weight is 450 g/mol. The van der Waals surface area contributed by atoms with Gasteiger partial charge in [-0.3, -0.25) is 0 Å². The number of hydrogen-bond acceptors (Lipinski definition) is 8. The number of benzene rings is 1. The largest absolute Gasteiger partial charge is 0.486 e. The molecule has 0 saturated carbocycles. The van der Waals surface area contributed by atoms with Gasteiger partial charge in [0, 0.05) is 26.0 Å². The summed E-state index contributed by atoms with van der Waals surface area (Å²) in [6.45, 7) is 2.59. The van der Waals surface area contributed by atoms with Crippen LogP contribution >= 0.6 is 0 Å². The number of aliphatic hydroxyl groups is 1. The molecule has 3 aromatic rings. The Morgan fingerprint density at radius 1 is 1.25 bits per heavy atom. The normalized spacial score (nSPS) is 12.3. The Morgan fingerprint density at radius 3 is 2.66 bits per heavy atom. The number of nitrogen functional groups attached to an aromatic ring is 1. The Morgan fingerprint density at radius 2 is 2.00 bits per heavy atom. The van der Waals surface area contributed by atoms with Crippen molar-refractivity contribution in [3.63, 3.8) is 0 Å². The van der Waals surface area contributed by atoms with E-state index in [1.165, 1.54) is 22.8 Å². The second-order valence-electron chi connectivity index (χ2n) is 7.32. The Balaban J connectivity index is 1.85. The van der Waals surface area contributed by atoms with Crippen molar-refractivity contribution in [1.29, 1.82) is 0 Å². The van der Waals surface area contributed by atoms with Crippen LogP contribution in [-0.2, 0) is 6.42 Å². The van der Waals surface area contributed by atoms with Crippen LogP contribution in [-0.4, -0.2) is 57.6 Å². The summed E-state index contributed by atoms with van der Waals surface area (Å²) >= 11 is 0. The molecule has 2 aromatic heterocycles. The van der Waals surface area contributed by atoms with Gasteiger partial charge in [0.1, 0.15) is 12.7 Å². The van der Waals surface area contributed by atoms with Crippen molar-refractivity contribution < 1.29 is 23.4 Å². The Labute approximate surface area is 184 Å². The second-order valence-corrected chi connectivity index (χ2v) is 7.32. The molecular weight excluding hydrogens is 422 g/mol. The summed E-state index contributed by atoms with van der Waals surface area (Å²) < 4.78 is 41.2. The van der Waals surface area contributed by atoms with E-state index in [1.807, 2.05) is 6.92 Å². The first kappa shape index (κ1) is 23.6. The lowest BCUT2D eigenvalue weighted by atomic mass is 10.1. The van der Waals surface area contributed by atoms with E-state index in [4.69, 9.17) is 15.2 Å². The molecule has 2 heterocycles. The third-order valence-corrected chi connectivity index (χ3v) is 4.81. The molecule has 3 rings (SSSR count). The van der Waals surface area contributed by atoms with Crippen molar-refractivity contribution in [2.45, 2.75) is 38.7 Å². The van der Waals surface area contributed by atoms with Gasteiger partial charge in [-0.2, -0.15) is 4.98 Å². The van der Waals surface area contributed by atoms with Crippen molar-refractivity contribution in [3.05, 3.63) is 41.2 Å².